The molecule has 1 fully saturated rings. The predicted octanol–water partition coefficient (Wildman–Crippen LogP) is 1.65. The summed E-state index contributed by atoms with van der Waals surface area (Å²) in [5.74, 6) is 0.519. The van der Waals surface area contributed by atoms with E-state index in [1.807, 2.05) is 37.4 Å². The molecule has 2 aromatic rings. The molecule has 0 aliphatic heterocycles. The summed E-state index contributed by atoms with van der Waals surface area (Å²) in [6.07, 6.45) is 6.13. The van der Waals surface area contributed by atoms with Gasteiger partial charge in [0.1, 0.15) is 0 Å². The summed E-state index contributed by atoms with van der Waals surface area (Å²) in [5.41, 5.74) is 8.67. The highest BCUT2D eigenvalue weighted by Gasteiger charge is 2.28. The van der Waals surface area contributed by atoms with Crippen molar-refractivity contribution in [2.45, 2.75) is 25.8 Å². The Balaban J connectivity index is 1.61. The van der Waals surface area contributed by atoms with Crippen LogP contribution in [0.1, 0.15) is 28.8 Å². The predicted molar refractivity (Wildman–Crippen MR) is 81.3 cm³/mol. The maximum absolute atomic E-state index is 12.1. The molecule has 1 atom stereocenters. The molecule has 1 heterocycles. The normalized spacial score (nSPS) is 15.7. The van der Waals surface area contributed by atoms with Crippen LogP contribution in [0.5, 0.6) is 0 Å². The van der Waals surface area contributed by atoms with Gasteiger partial charge in [0, 0.05) is 24.3 Å². The summed E-state index contributed by atoms with van der Waals surface area (Å²) >= 11 is 0. The summed E-state index contributed by atoms with van der Waals surface area (Å²) in [7, 11) is 0. The first-order valence-electron chi connectivity index (χ1n) is 7.29. The Morgan fingerprint density at radius 1 is 1.43 bits per heavy atom. The van der Waals surface area contributed by atoms with E-state index < -0.39 is 0 Å². The fraction of sp³-hybridized carbons (Fsp3) is 0.375. The molecule has 3 rings (SSSR count). The number of aromatic nitrogens is 2. The minimum atomic E-state index is -0.0747. The minimum absolute atomic E-state index is 0.0747. The second-order valence-electron chi connectivity index (χ2n) is 5.72. The zero-order chi connectivity index (χ0) is 14.8. The van der Waals surface area contributed by atoms with Crippen LogP contribution in [0.2, 0.25) is 0 Å². The number of rotatable bonds is 5. The van der Waals surface area contributed by atoms with E-state index in [1.54, 1.807) is 10.9 Å². The molecule has 0 saturated heterocycles. The van der Waals surface area contributed by atoms with Crippen molar-refractivity contribution in [1.82, 2.24) is 15.1 Å². The molecule has 0 spiro atoms. The maximum atomic E-state index is 12.1. The van der Waals surface area contributed by atoms with Gasteiger partial charge in [-0.15, -0.1) is 0 Å². The van der Waals surface area contributed by atoms with Crippen molar-refractivity contribution in [3.8, 4) is 5.69 Å². The minimum Gasteiger partial charge on any atom is -0.350 e. The number of aryl methyl sites for hydroxylation is 1. The number of nitrogens with two attached hydrogens (primary N) is 1. The van der Waals surface area contributed by atoms with Gasteiger partial charge in [0.05, 0.1) is 11.9 Å². The summed E-state index contributed by atoms with van der Waals surface area (Å²) in [5, 5.41) is 7.14. The lowest BCUT2D eigenvalue weighted by Crippen LogP contribution is -2.38. The van der Waals surface area contributed by atoms with E-state index in [2.05, 4.69) is 10.4 Å². The van der Waals surface area contributed by atoms with Crippen LogP contribution >= 0.6 is 0 Å². The number of carbonyl (C=O) groups is 1. The van der Waals surface area contributed by atoms with E-state index in [0.29, 0.717) is 18.0 Å². The molecule has 1 aliphatic rings. The third-order valence-corrected chi connectivity index (χ3v) is 3.83. The zero-order valence-corrected chi connectivity index (χ0v) is 12.1. The number of nitrogens with zero attached hydrogens (tertiary/aromatic N) is 2. The van der Waals surface area contributed by atoms with Gasteiger partial charge in [-0.1, -0.05) is 0 Å². The van der Waals surface area contributed by atoms with Gasteiger partial charge in [-0.2, -0.15) is 5.10 Å². The van der Waals surface area contributed by atoms with Gasteiger partial charge in [0.2, 0.25) is 0 Å². The van der Waals surface area contributed by atoms with E-state index in [9.17, 15) is 4.79 Å². The van der Waals surface area contributed by atoms with E-state index in [1.165, 1.54) is 12.8 Å². The Morgan fingerprint density at radius 3 is 2.71 bits per heavy atom. The Kier molecular flexibility index (Phi) is 3.75. The topological polar surface area (TPSA) is 72.9 Å². The van der Waals surface area contributed by atoms with Crippen molar-refractivity contribution in [3.05, 3.63) is 47.8 Å². The van der Waals surface area contributed by atoms with Gasteiger partial charge in [0.15, 0.2) is 0 Å². The smallest absolute Gasteiger partial charge is 0.251 e. The molecule has 3 N–H and O–H groups in total. The summed E-state index contributed by atoms with van der Waals surface area (Å²) in [6, 6.07) is 7.49. The van der Waals surface area contributed by atoms with Crippen LogP contribution in [0.3, 0.4) is 0 Å². The third kappa shape index (κ3) is 3.31. The number of hydrogen-bond donors (Lipinski definition) is 2. The fourth-order valence-electron chi connectivity index (χ4n) is 2.32. The number of amides is 1. The standard InChI is InChI=1S/C16H20N4O/c1-11-8-19-20(10-11)14-6-4-13(5-7-14)16(21)18-9-15(17)12-2-3-12/h4-8,10,12,15H,2-3,9,17H2,1H3,(H,18,21). The molecule has 1 saturated carbocycles. The van der Waals surface area contributed by atoms with Crippen LogP contribution in [0.15, 0.2) is 36.7 Å². The van der Waals surface area contributed by atoms with Crippen molar-refractivity contribution in [2.24, 2.45) is 11.7 Å². The SMILES string of the molecule is Cc1cnn(-c2ccc(C(=O)NCC(N)C3CC3)cc2)c1. The first kappa shape index (κ1) is 13.8. The quantitative estimate of drug-likeness (QED) is 0.877. The lowest BCUT2D eigenvalue weighted by Gasteiger charge is -2.11. The van der Waals surface area contributed by atoms with E-state index in [-0.39, 0.29) is 11.9 Å². The van der Waals surface area contributed by atoms with Gasteiger partial charge in [-0.25, -0.2) is 4.68 Å². The van der Waals surface area contributed by atoms with Crippen LogP contribution in [-0.4, -0.2) is 28.3 Å². The van der Waals surface area contributed by atoms with Gasteiger partial charge >= 0.3 is 0 Å². The summed E-state index contributed by atoms with van der Waals surface area (Å²) < 4.78 is 1.79. The third-order valence-electron chi connectivity index (χ3n) is 3.83. The molecule has 5 heteroatoms. The van der Waals surface area contributed by atoms with E-state index >= 15 is 0 Å². The second kappa shape index (κ2) is 5.69. The largest absolute Gasteiger partial charge is 0.350 e. The molecule has 0 bridgehead atoms. The molecule has 1 amide bonds. The van der Waals surface area contributed by atoms with Gasteiger partial charge < -0.3 is 11.1 Å². The fourth-order valence-corrected chi connectivity index (χ4v) is 2.32. The number of nitrogens with one attached hydrogen (secondary N) is 1. The molecular weight excluding hydrogens is 264 g/mol. The summed E-state index contributed by atoms with van der Waals surface area (Å²) in [4.78, 5) is 12.1. The van der Waals surface area contributed by atoms with Crippen LogP contribution in [0.4, 0.5) is 0 Å². The lowest BCUT2D eigenvalue weighted by molar-refractivity contribution is 0.0950. The van der Waals surface area contributed by atoms with Gasteiger partial charge in [0.25, 0.3) is 5.91 Å². The first-order chi connectivity index (χ1) is 10.1. The molecule has 5 nitrogen and oxygen atoms in total. The molecular formula is C16H20N4O. The monoisotopic (exact) mass is 284 g/mol. The van der Waals surface area contributed by atoms with Crippen molar-refractivity contribution in [1.29, 1.82) is 0 Å². The van der Waals surface area contributed by atoms with Crippen molar-refractivity contribution in [2.75, 3.05) is 6.54 Å². The molecule has 1 aromatic carbocycles. The average Bonchev–Trinajstić information content (AvgIpc) is 3.26. The van der Waals surface area contributed by atoms with Gasteiger partial charge in [-0.3, -0.25) is 4.79 Å². The van der Waals surface area contributed by atoms with E-state index in [0.717, 1.165) is 11.3 Å². The Bertz CT molecular complexity index is 628. The lowest BCUT2D eigenvalue weighted by atomic mass is 10.1. The number of carbonyl (C=O) groups excluding carboxylic acids is 1. The maximum Gasteiger partial charge on any atom is 0.251 e. The molecule has 110 valence electrons. The molecule has 0 radical (unpaired) electrons. The highest BCUT2D eigenvalue weighted by atomic mass is 16.1. The van der Waals surface area contributed by atoms with Crippen LogP contribution in [0, 0.1) is 12.8 Å². The van der Waals surface area contributed by atoms with Crippen molar-refractivity contribution in [3.63, 3.8) is 0 Å². The van der Waals surface area contributed by atoms with Crippen molar-refractivity contribution >= 4 is 5.91 Å². The zero-order valence-electron chi connectivity index (χ0n) is 12.1. The highest BCUT2D eigenvalue weighted by Crippen LogP contribution is 2.31. The Morgan fingerprint density at radius 2 is 2.14 bits per heavy atom. The number of hydrogen-bond acceptors (Lipinski definition) is 3. The van der Waals surface area contributed by atoms with Crippen LogP contribution in [-0.2, 0) is 0 Å². The summed E-state index contributed by atoms with van der Waals surface area (Å²) in [6.45, 7) is 2.54. The highest BCUT2D eigenvalue weighted by molar-refractivity contribution is 5.94. The molecule has 21 heavy (non-hydrogen) atoms. The first-order valence-corrected chi connectivity index (χ1v) is 7.29. The molecule has 1 aromatic heterocycles. The van der Waals surface area contributed by atoms with E-state index in [4.69, 9.17) is 5.73 Å². The molecule has 1 aliphatic carbocycles. The second-order valence-corrected chi connectivity index (χ2v) is 5.72. The van der Waals surface area contributed by atoms with Crippen LogP contribution in [0.25, 0.3) is 5.69 Å². The van der Waals surface area contributed by atoms with Crippen molar-refractivity contribution < 1.29 is 4.79 Å². The Labute approximate surface area is 124 Å². The van der Waals surface area contributed by atoms with Gasteiger partial charge in [-0.05, 0) is 55.5 Å². The number of benzene rings is 1. The molecule has 1 unspecified atom stereocenters. The average molecular weight is 284 g/mol. The Hall–Kier alpha value is -2.14. The van der Waals surface area contributed by atoms with Crippen LogP contribution < -0.4 is 11.1 Å².